The lowest BCUT2D eigenvalue weighted by atomic mass is 10.2. The standard InChI is InChI=1S/C13H11FN2O4/c1-19-11(17)6-10(13(18)20-2)16-12-8(7-15)4-3-5-9(12)14/h3-6,16H,1-2H3/b10-6+. The number of methoxy groups -OCH3 is 2. The maximum Gasteiger partial charge on any atom is 0.354 e. The van der Waals surface area contributed by atoms with Crippen molar-refractivity contribution in [2.45, 2.75) is 0 Å². The molecule has 0 radical (unpaired) electrons. The number of benzene rings is 1. The van der Waals surface area contributed by atoms with Crippen LogP contribution in [0.15, 0.2) is 30.0 Å². The van der Waals surface area contributed by atoms with Crippen LogP contribution in [0.25, 0.3) is 0 Å². The molecule has 1 N–H and O–H groups in total. The summed E-state index contributed by atoms with van der Waals surface area (Å²) in [6.07, 6.45) is 0.805. The van der Waals surface area contributed by atoms with Gasteiger partial charge in [-0.05, 0) is 12.1 Å². The van der Waals surface area contributed by atoms with Gasteiger partial charge in [0.05, 0.1) is 31.5 Å². The van der Waals surface area contributed by atoms with Crippen molar-refractivity contribution in [2.24, 2.45) is 0 Å². The monoisotopic (exact) mass is 278 g/mol. The summed E-state index contributed by atoms with van der Waals surface area (Å²) in [6.45, 7) is 0. The Morgan fingerprint density at radius 2 is 2.05 bits per heavy atom. The smallest absolute Gasteiger partial charge is 0.354 e. The first-order valence-electron chi connectivity index (χ1n) is 5.37. The molecule has 1 aromatic carbocycles. The van der Waals surface area contributed by atoms with E-state index in [-0.39, 0.29) is 16.9 Å². The van der Waals surface area contributed by atoms with Crippen molar-refractivity contribution < 1.29 is 23.5 Å². The molecular formula is C13H11FN2O4. The number of nitrogens with one attached hydrogen (secondary N) is 1. The molecule has 104 valence electrons. The van der Waals surface area contributed by atoms with Crippen molar-refractivity contribution in [1.29, 1.82) is 5.26 Å². The Hall–Kier alpha value is -2.88. The third-order valence-corrected chi connectivity index (χ3v) is 2.26. The maximum atomic E-state index is 13.7. The lowest BCUT2D eigenvalue weighted by Crippen LogP contribution is -2.16. The summed E-state index contributed by atoms with van der Waals surface area (Å²) in [5.41, 5.74) is -0.596. The van der Waals surface area contributed by atoms with Gasteiger partial charge in [-0.2, -0.15) is 5.26 Å². The minimum absolute atomic E-state index is 0.0235. The largest absolute Gasteiger partial charge is 0.466 e. The van der Waals surface area contributed by atoms with Crippen LogP contribution in [-0.2, 0) is 19.1 Å². The van der Waals surface area contributed by atoms with E-state index in [0.717, 1.165) is 26.4 Å². The van der Waals surface area contributed by atoms with E-state index < -0.39 is 17.8 Å². The Bertz CT molecular complexity index is 605. The molecule has 7 heteroatoms. The molecule has 0 aliphatic rings. The summed E-state index contributed by atoms with van der Waals surface area (Å²) in [6, 6.07) is 5.58. The van der Waals surface area contributed by atoms with Gasteiger partial charge in [0, 0.05) is 0 Å². The fraction of sp³-hybridized carbons (Fsp3) is 0.154. The van der Waals surface area contributed by atoms with E-state index in [4.69, 9.17) is 5.26 Å². The third-order valence-electron chi connectivity index (χ3n) is 2.26. The third kappa shape index (κ3) is 3.55. The summed E-state index contributed by atoms with van der Waals surface area (Å²) in [4.78, 5) is 22.7. The topological polar surface area (TPSA) is 88.4 Å². The van der Waals surface area contributed by atoms with Crippen molar-refractivity contribution in [3.8, 4) is 6.07 Å². The number of carbonyl (C=O) groups is 2. The fourth-order valence-corrected chi connectivity index (χ4v) is 1.31. The zero-order valence-corrected chi connectivity index (χ0v) is 10.8. The number of ether oxygens (including phenoxy) is 2. The van der Waals surface area contributed by atoms with Gasteiger partial charge in [0.25, 0.3) is 0 Å². The molecule has 0 bridgehead atoms. The molecule has 0 amide bonds. The van der Waals surface area contributed by atoms with E-state index in [0.29, 0.717) is 0 Å². The second-order valence-electron chi connectivity index (χ2n) is 3.47. The number of rotatable bonds is 4. The average molecular weight is 278 g/mol. The fourth-order valence-electron chi connectivity index (χ4n) is 1.31. The number of carbonyl (C=O) groups excluding carboxylic acids is 2. The second-order valence-corrected chi connectivity index (χ2v) is 3.47. The average Bonchev–Trinajstić information content (AvgIpc) is 2.47. The van der Waals surface area contributed by atoms with E-state index in [1.807, 2.05) is 0 Å². The van der Waals surface area contributed by atoms with Crippen molar-refractivity contribution in [3.63, 3.8) is 0 Å². The van der Waals surface area contributed by atoms with Crippen LogP contribution >= 0.6 is 0 Å². The molecule has 0 atom stereocenters. The van der Waals surface area contributed by atoms with E-state index >= 15 is 0 Å². The summed E-state index contributed by atoms with van der Waals surface area (Å²) in [5.74, 6) is -2.47. The van der Waals surface area contributed by atoms with Crippen molar-refractivity contribution in [3.05, 3.63) is 41.4 Å². The van der Waals surface area contributed by atoms with Crippen LogP contribution < -0.4 is 5.32 Å². The van der Waals surface area contributed by atoms with E-state index in [9.17, 15) is 14.0 Å². The van der Waals surface area contributed by atoms with E-state index in [1.165, 1.54) is 12.1 Å². The van der Waals surface area contributed by atoms with Crippen LogP contribution in [0.5, 0.6) is 0 Å². The number of para-hydroxylation sites is 1. The highest BCUT2D eigenvalue weighted by molar-refractivity contribution is 5.99. The highest BCUT2D eigenvalue weighted by Crippen LogP contribution is 2.21. The number of hydrogen-bond acceptors (Lipinski definition) is 6. The van der Waals surface area contributed by atoms with Gasteiger partial charge in [0.1, 0.15) is 17.6 Å². The second kappa shape index (κ2) is 6.89. The first kappa shape index (κ1) is 15.2. The van der Waals surface area contributed by atoms with Crippen LogP contribution in [-0.4, -0.2) is 26.2 Å². The number of esters is 2. The highest BCUT2D eigenvalue weighted by atomic mass is 19.1. The normalized spacial score (nSPS) is 10.4. The first-order valence-corrected chi connectivity index (χ1v) is 5.37. The molecule has 0 saturated carbocycles. The maximum absolute atomic E-state index is 13.7. The Morgan fingerprint density at radius 1 is 1.35 bits per heavy atom. The molecule has 1 aromatic rings. The van der Waals surface area contributed by atoms with Gasteiger partial charge in [-0.3, -0.25) is 0 Å². The Labute approximate surface area is 114 Å². The van der Waals surface area contributed by atoms with Crippen LogP contribution in [0.1, 0.15) is 5.56 Å². The minimum atomic E-state index is -0.900. The van der Waals surface area contributed by atoms with Crippen LogP contribution in [0, 0.1) is 17.1 Å². The highest BCUT2D eigenvalue weighted by Gasteiger charge is 2.16. The molecule has 0 aliphatic heterocycles. The van der Waals surface area contributed by atoms with Crippen LogP contribution in [0.4, 0.5) is 10.1 Å². The Morgan fingerprint density at radius 3 is 2.60 bits per heavy atom. The zero-order chi connectivity index (χ0) is 15.1. The molecule has 1 rings (SSSR count). The van der Waals surface area contributed by atoms with Gasteiger partial charge in [-0.1, -0.05) is 6.07 Å². The molecule has 6 nitrogen and oxygen atoms in total. The molecule has 0 aliphatic carbocycles. The summed E-state index contributed by atoms with van der Waals surface area (Å²) in [5, 5.41) is 11.3. The molecule has 0 aromatic heterocycles. The first-order chi connectivity index (χ1) is 9.53. The number of nitriles is 1. The number of halogens is 1. The SMILES string of the molecule is COC(=O)/C=C(/Nc1c(F)cccc1C#N)C(=O)OC. The van der Waals surface area contributed by atoms with Gasteiger partial charge in [0.2, 0.25) is 0 Å². The minimum Gasteiger partial charge on any atom is -0.466 e. The van der Waals surface area contributed by atoms with E-state index in [2.05, 4.69) is 14.8 Å². The van der Waals surface area contributed by atoms with Crippen molar-refractivity contribution in [2.75, 3.05) is 19.5 Å². The van der Waals surface area contributed by atoms with Gasteiger partial charge < -0.3 is 14.8 Å². The van der Waals surface area contributed by atoms with Crippen molar-refractivity contribution in [1.82, 2.24) is 0 Å². The Kier molecular flexibility index (Phi) is 5.23. The summed E-state index contributed by atoms with van der Waals surface area (Å²) in [7, 11) is 2.22. The predicted octanol–water partition coefficient (Wildman–Crippen LogP) is 1.34. The molecule has 20 heavy (non-hydrogen) atoms. The molecule has 0 unspecified atom stereocenters. The summed E-state index contributed by atoms with van der Waals surface area (Å²) < 4.78 is 22.5. The summed E-state index contributed by atoms with van der Waals surface area (Å²) >= 11 is 0. The number of hydrogen-bond donors (Lipinski definition) is 1. The molecule has 0 saturated heterocycles. The van der Waals surface area contributed by atoms with E-state index in [1.54, 1.807) is 6.07 Å². The lowest BCUT2D eigenvalue weighted by molar-refractivity contribution is -0.138. The number of nitrogens with zero attached hydrogens (tertiary/aromatic N) is 1. The van der Waals surface area contributed by atoms with Crippen molar-refractivity contribution >= 4 is 17.6 Å². The van der Waals surface area contributed by atoms with Crippen LogP contribution in [0.3, 0.4) is 0 Å². The van der Waals surface area contributed by atoms with Gasteiger partial charge >= 0.3 is 11.9 Å². The van der Waals surface area contributed by atoms with Gasteiger partial charge in [-0.25, -0.2) is 14.0 Å². The molecule has 0 heterocycles. The number of anilines is 1. The zero-order valence-electron chi connectivity index (χ0n) is 10.8. The molecule has 0 spiro atoms. The Balaban J connectivity index is 3.21. The predicted molar refractivity (Wildman–Crippen MR) is 66.9 cm³/mol. The quantitative estimate of drug-likeness (QED) is 0.660. The van der Waals surface area contributed by atoms with Gasteiger partial charge in [0.15, 0.2) is 0 Å². The molecular weight excluding hydrogens is 267 g/mol. The lowest BCUT2D eigenvalue weighted by Gasteiger charge is -2.11. The van der Waals surface area contributed by atoms with Crippen LogP contribution in [0.2, 0.25) is 0 Å². The van der Waals surface area contributed by atoms with Gasteiger partial charge in [-0.15, -0.1) is 0 Å². The molecule has 0 fully saturated rings.